The fraction of sp³-hybridized carbons (Fsp3) is 0.385. The number of fused-ring (bicyclic) bond motifs is 1. The lowest BCUT2D eigenvalue weighted by molar-refractivity contribution is -0.163. The van der Waals surface area contributed by atoms with Gasteiger partial charge in [-0.1, -0.05) is 6.07 Å². The lowest BCUT2D eigenvalue weighted by atomic mass is 9.78. The van der Waals surface area contributed by atoms with Gasteiger partial charge < -0.3 is 14.4 Å². The number of nitrogens with zero attached hydrogens (tertiary/aromatic N) is 2. The van der Waals surface area contributed by atoms with E-state index in [4.69, 9.17) is 4.74 Å². The molecule has 5 heteroatoms. The third-order valence-electron chi connectivity index (χ3n) is 3.76. The van der Waals surface area contributed by atoms with Gasteiger partial charge in [0.1, 0.15) is 11.2 Å². The van der Waals surface area contributed by atoms with Gasteiger partial charge in [-0.15, -0.1) is 0 Å². The maximum absolute atomic E-state index is 11.4. The minimum absolute atomic E-state index is 0.236. The molecule has 0 amide bonds. The Morgan fingerprint density at radius 2 is 2.22 bits per heavy atom. The van der Waals surface area contributed by atoms with Crippen molar-refractivity contribution in [1.29, 1.82) is 0 Å². The number of benzene rings is 1. The van der Waals surface area contributed by atoms with Crippen molar-refractivity contribution in [3.63, 3.8) is 0 Å². The second-order valence-corrected chi connectivity index (χ2v) is 4.80. The molecule has 0 spiro atoms. The van der Waals surface area contributed by atoms with Crippen molar-refractivity contribution in [2.45, 2.75) is 12.3 Å². The number of hydrogen-bond donors (Lipinski definition) is 1. The van der Waals surface area contributed by atoms with Gasteiger partial charge in [-0.25, -0.2) is 4.98 Å². The van der Waals surface area contributed by atoms with Crippen LogP contribution in [0.15, 0.2) is 18.2 Å². The van der Waals surface area contributed by atoms with Gasteiger partial charge in [0, 0.05) is 7.05 Å². The predicted octanol–water partition coefficient (Wildman–Crippen LogP) is 1.23. The molecule has 2 aromatic rings. The quantitative estimate of drug-likeness (QED) is 0.865. The molecule has 1 aromatic heterocycles. The van der Waals surface area contributed by atoms with E-state index in [1.807, 2.05) is 36.7 Å². The summed E-state index contributed by atoms with van der Waals surface area (Å²) in [4.78, 5) is 15.8. The smallest absolute Gasteiger partial charge is 0.318 e. The molecular weight excluding hydrogens is 232 g/mol. The zero-order valence-electron chi connectivity index (χ0n) is 10.3. The number of ether oxygens (including phenoxy) is 1. The van der Waals surface area contributed by atoms with E-state index in [9.17, 15) is 9.90 Å². The minimum atomic E-state index is -0.889. The van der Waals surface area contributed by atoms with Crippen molar-refractivity contribution in [3.8, 4) is 0 Å². The molecule has 1 saturated heterocycles. The lowest BCUT2D eigenvalue weighted by Crippen LogP contribution is -2.53. The zero-order chi connectivity index (χ0) is 12.9. The Labute approximate surface area is 104 Å². The van der Waals surface area contributed by atoms with Crippen LogP contribution < -0.4 is 0 Å². The number of aryl methyl sites for hydroxylation is 2. The largest absolute Gasteiger partial charge is 0.480 e. The van der Waals surface area contributed by atoms with Crippen molar-refractivity contribution < 1.29 is 14.6 Å². The van der Waals surface area contributed by atoms with E-state index in [2.05, 4.69) is 4.98 Å². The molecule has 0 unspecified atom stereocenters. The maximum atomic E-state index is 11.4. The van der Waals surface area contributed by atoms with Crippen molar-refractivity contribution in [1.82, 2.24) is 9.55 Å². The van der Waals surface area contributed by atoms with Gasteiger partial charge in [0.15, 0.2) is 0 Å². The first-order valence-electron chi connectivity index (χ1n) is 5.79. The molecule has 0 radical (unpaired) electrons. The third kappa shape index (κ3) is 1.31. The van der Waals surface area contributed by atoms with Crippen molar-refractivity contribution in [2.24, 2.45) is 7.05 Å². The Balaban J connectivity index is 2.16. The molecule has 1 aromatic carbocycles. The lowest BCUT2D eigenvalue weighted by Gasteiger charge is -2.37. The van der Waals surface area contributed by atoms with Gasteiger partial charge in [0.05, 0.1) is 24.2 Å². The topological polar surface area (TPSA) is 64.3 Å². The molecule has 0 bridgehead atoms. The van der Waals surface area contributed by atoms with Crippen molar-refractivity contribution in [2.75, 3.05) is 13.2 Å². The van der Waals surface area contributed by atoms with Crippen LogP contribution in [0.5, 0.6) is 0 Å². The molecule has 1 aliphatic heterocycles. The predicted molar refractivity (Wildman–Crippen MR) is 65.6 cm³/mol. The highest BCUT2D eigenvalue weighted by Crippen LogP contribution is 2.34. The van der Waals surface area contributed by atoms with E-state index < -0.39 is 11.4 Å². The Hall–Kier alpha value is -1.88. The van der Waals surface area contributed by atoms with E-state index in [-0.39, 0.29) is 13.2 Å². The number of carboxylic acid groups (broad SMARTS) is 1. The second kappa shape index (κ2) is 3.55. The average molecular weight is 246 g/mol. The molecule has 18 heavy (non-hydrogen) atoms. The van der Waals surface area contributed by atoms with Gasteiger partial charge in [-0.2, -0.15) is 0 Å². The standard InChI is InChI=1S/C13H14N2O3/c1-8-14-10-5-9(3-4-11(10)15(8)2)13(12(16)17)6-18-7-13/h3-5H,6-7H2,1-2H3,(H,16,17). The molecule has 1 aliphatic rings. The maximum Gasteiger partial charge on any atom is 0.318 e. The summed E-state index contributed by atoms with van der Waals surface area (Å²) in [6, 6.07) is 5.65. The van der Waals surface area contributed by atoms with Crippen LogP contribution >= 0.6 is 0 Å². The van der Waals surface area contributed by atoms with Crippen LogP contribution in [0.25, 0.3) is 11.0 Å². The fourth-order valence-electron chi connectivity index (χ4n) is 2.34. The van der Waals surface area contributed by atoms with Gasteiger partial charge in [-0.05, 0) is 24.6 Å². The monoisotopic (exact) mass is 246 g/mol. The van der Waals surface area contributed by atoms with Crippen LogP contribution in [0, 0.1) is 6.92 Å². The fourth-order valence-corrected chi connectivity index (χ4v) is 2.34. The normalized spacial score (nSPS) is 17.7. The highest BCUT2D eigenvalue weighted by Gasteiger charge is 2.48. The van der Waals surface area contributed by atoms with Crippen molar-refractivity contribution >= 4 is 17.0 Å². The van der Waals surface area contributed by atoms with Gasteiger partial charge in [-0.3, -0.25) is 4.79 Å². The zero-order valence-corrected chi connectivity index (χ0v) is 10.3. The summed E-state index contributed by atoms with van der Waals surface area (Å²) in [6.45, 7) is 2.40. The molecule has 1 fully saturated rings. The van der Waals surface area contributed by atoms with E-state index in [0.717, 1.165) is 22.4 Å². The Morgan fingerprint density at radius 1 is 1.50 bits per heavy atom. The number of aromatic nitrogens is 2. The van der Waals surface area contributed by atoms with Crippen LogP contribution in [0.2, 0.25) is 0 Å². The first-order valence-corrected chi connectivity index (χ1v) is 5.79. The van der Waals surface area contributed by atoms with Crippen LogP contribution in [0.1, 0.15) is 11.4 Å². The molecule has 1 N–H and O–H groups in total. The Bertz CT molecular complexity index is 641. The number of carboxylic acids is 1. The summed E-state index contributed by atoms with van der Waals surface area (Å²) >= 11 is 0. The molecule has 0 saturated carbocycles. The van der Waals surface area contributed by atoms with E-state index in [0.29, 0.717) is 0 Å². The summed E-state index contributed by atoms with van der Waals surface area (Å²) in [7, 11) is 1.95. The van der Waals surface area contributed by atoms with Crippen LogP contribution in [-0.4, -0.2) is 33.8 Å². The highest BCUT2D eigenvalue weighted by molar-refractivity contribution is 5.86. The van der Waals surface area contributed by atoms with Crippen LogP contribution in [0.4, 0.5) is 0 Å². The molecule has 3 rings (SSSR count). The molecule has 2 heterocycles. The minimum Gasteiger partial charge on any atom is -0.480 e. The molecule has 94 valence electrons. The number of carbonyl (C=O) groups is 1. The highest BCUT2D eigenvalue weighted by atomic mass is 16.5. The number of imidazole rings is 1. The Kier molecular flexibility index (Phi) is 2.22. The first-order chi connectivity index (χ1) is 8.54. The van der Waals surface area contributed by atoms with E-state index in [1.54, 1.807) is 0 Å². The Morgan fingerprint density at radius 3 is 2.78 bits per heavy atom. The van der Waals surface area contributed by atoms with E-state index >= 15 is 0 Å². The second-order valence-electron chi connectivity index (χ2n) is 4.80. The molecule has 0 atom stereocenters. The van der Waals surface area contributed by atoms with Gasteiger partial charge in [0.2, 0.25) is 0 Å². The number of hydrogen-bond acceptors (Lipinski definition) is 3. The summed E-state index contributed by atoms with van der Waals surface area (Å²) in [5, 5.41) is 9.36. The SMILES string of the molecule is Cc1nc2cc(C3(C(=O)O)COC3)ccc2n1C. The van der Waals surface area contributed by atoms with Crippen molar-refractivity contribution in [3.05, 3.63) is 29.6 Å². The average Bonchev–Trinajstić information content (AvgIpc) is 2.52. The third-order valence-corrected chi connectivity index (χ3v) is 3.76. The van der Waals surface area contributed by atoms with E-state index in [1.165, 1.54) is 0 Å². The first kappa shape index (κ1) is 11.2. The van der Waals surface area contributed by atoms with Gasteiger partial charge in [0.25, 0.3) is 0 Å². The summed E-state index contributed by atoms with van der Waals surface area (Å²) in [6.07, 6.45) is 0. The summed E-state index contributed by atoms with van der Waals surface area (Å²) in [5.41, 5.74) is 1.73. The molecular formula is C13H14N2O3. The van der Waals surface area contributed by atoms with Crippen LogP contribution in [0.3, 0.4) is 0 Å². The summed E-state index contributed by atoms with van der Waals surface area (Å²) < 4.78 is 7.08. The number of rotatable bonds is 2. The molecule has 0 aliphatic carbocycles. The van der Waals surface area contributed by atoms with Gasteiger partial charge >= 0.3 is 5.97 Å². The molecule has 5 nitrogen and oxygen atoms in total. The summed E-state index contributed by atoms with van der Waals surface area (Å²) in [5.74, 6) is 0.0807. The number of aliphatic carboxylic acids is 1. The van der Waals surface area contributed by atoms with Crippen LogP contribution in [-0.2, 0) is 22.0 Å².